The summed E-state index contributed by atoms with van der Waals surface area (Å²) in [4.78, 5) is 11.6. The number of carbonyl (C=O) groups excluding carboxylic acids is 1. The van der Waals surface area contributed by atoms with Crippen LogP contribution in [0.5, 0.6) is 0 Å². The van der Waals surface area contributed by atoms with Crippen molar-refractivity contribution >= 4 is 5.97 Å². The van der Waals surface area contributed by atoms with E-state index in [4.69, 9.17) is 4.74 Å². The predicted octanol–water partition coefficient (Wildman–Crippen LogP) is 6.17. The zero-order chi connectivity index (χ0) is 18.3. The van der Waals surface area contributed by atoms with Crippen molar-refractivity contribution in [2.24, 2.45) is 5.92 Å². The van der Waals surface area contributed by atoms with E-state index in [1.165, 1.54) is 77.0 Å². The van der Waals surface area contributed by atoms with E-state index in [1.807, 2.05) is 0 Å². The van der Waals surface area contributed by atoms with Gasteiger partial charge in [-0.05, 0) is 12.8 Å². The van der Waals surface area contributed by atoms with Crippen LogP contribution < -0.4 is 0 Å². The van der Waals surface area contributed by atoms with Crippen LogP contribution in [0, 0.1) is 5.92 Å². The molecule has 0 amide bonds. The molecule has 0 unspecified atom stereocenters. The standard InChI is InChI=1S/C22H42O3/c1-3-5-7-9-10-11-12-13-14-16-18-20(23)21-19(22(24)25-21)17-15-8-6-4-2/h19-21,23H,3-18H2,1-2H3/t19-,20-,21-/m0/s1. The summed E-state index contributed by atoms with van der Waals surface area (Å²) >= 11 is 0. The molecule has 1 fully saturated rings. The molecule has 0 bridgehead atoms. The maximum absolute atomic E-state index is 11.6. The molecule has 0 radical (unpaired) electrons. The molecular formula is C22H42O3. The second kappa shape index (κ2) is 14.6. The van der Waals surface area contributed by atoms with Gasteiger partial charge in [0.2, 0.25) is 0 Å². The number of aliphatic hydroxyl groups is 1. The third-order valence-corrected chi connectivity index (χ3v) is 5.55. The van der Waals surface area contributed by atoms with Gasteiger partial charge in [0.25, 0.3) is 0 Å². The Morgan fingerprint density at radius 3 is 1.80 bits per heavy atom. The highest BCUT2D eigenvalue weighted by Crippen LogP contribution is 2.31. The molecule has 0 aromatic rings. The molecule has 0 aliphatic carbocycles. The Kier molecular flexibility index (Phi) is 13.1. The van der Waals surface area contributed by atoms with Gasteiger partial charge in [-0.3, -0.25) is 4.79 Å². The summed E-state index contributed by atoms with van der Waals surface area (Å²) in [5.41, 5.74) is 0. The molecule has 1 N–H and O–H groups in total. The maximum atomic E-state index is 11.6. The van der Waals surface area contributed by atoms with Gasteiger partial charge >= 0.3 is 5.97 Å². The molecule has 1 heterocycles. The minimum Gasteiger partial charge on any atom is -0.458 e. The van der Waals surface area contributed by atoms with Gasteiger partial charge in [0.1, 0.15) is 6.10 Å². The van der Waals surface area contributed by atoms with E-state index >= 15 is 0 Å². The molecule has 0 aromatic carbocycles. The van der Waals surface area contributed by atoms with Crippen molar-refractivity contribution in [3.8, 4) is 0 Å². The van der Waals surface area contributed by atoms with Gasteiger partial charge in [-0.15, -0.1) is 0 Å². The molecule has 0 spiro atoms. The van der Waals surface area contributed by atoms with Gasteiger partial charge in [0, 0.05) is 0 Å². The Morgan fingerprint density at radius 2 is 1.28 bits per heavy atom. The zero-order valence-corrected chi connectivity index (χ0v) is 16.8. The topological polar surface area (TPSA) is 46.5 Å². The lowest BCUT2D eigenvalue weighted by Crippen LogP contribution is -2.51. The molecular weight excluding hydrogens is 312 g/mol. The van der Waals surface area contributed by atoms with Crippen LogP contribution in [0.4, 0.5) is 0 Å². The van der Waals surface area contributed by atoms with Gasteiger partial charge in [0.05, 0.1) is 12.0 Å². The average Bonchev–Trinajstić information content (AvgIpc) is 2.60. The lowest BCUT2D eigenvalue weighted by atomic mass is 9.86. The highest BCUT2D eigenvalue weighted by Gasteiger charge is 2.45. The van der Waals surface area contributed by atoms with E-state index in [0.29, 0.717) is 0 Å². The van der Waals surface area contributed by atoms with Crippen LogP contribution in [0.25, 0.3) is 0 Å². The molecule has 0 saturated carbocycles. The highest BCUT2D eigenvalue weighted by molar-refractivity contribution is 5.78. The van der Waals surface area contributed by atoms with Crippen LogP contribution in [-0.2, 0) is 9.53 Å². The summed E-state index contributed by atoms with van der Waals surface area (Å²) < 4.78 is 5.22. The van der Waals surface area contributed by atoms with Crippen LogP contribution in [0.1, 0.15) is 117 Å². The summed E-state index contributed by atoms with van der Waals surface area (Å²) in [6.07, 6.45) is 18.7. The van der Waals surface area contributed by atoms with Crippen LogP contribution in [0.3, 0.4) is 0 Å². The van der Waals surface area contributed by atoms with Crippen molar-refractivity contribution < 1.29 is 14.6 Å². The third kappa shape index (κ3) is 9.63. The smallest absolute Gasteiger partial charge is 0.313 e. The van der Waals surface area contributed by atoms with Crippen molar-refractivity contribution in [1.29, 1.82) is 0 Å². The summed E-state index contributed by atoms with van der Waals surface area (Å²) in [7, 11) is 0. The number of esters is 1. The number of hydrogen-bond donors (Lipinski definition) is 1. The quantitative estimate of drug-likeness (QED) is 0.251. The maximum Gasteiger partial charge on any atom is 0.313 e. The molecule has 1 saturated heterocycles. The second-order valence-corrected chi connectivity index (χ2v) is 7.90. The first kappa shape index (κ1) is 22.5. The first-order chi connectivity index (χ1) is 12.2. The SMILES string of the molecule is CCCCCCCCCCCC[C@H](O)[C@H]1OC(=O)[C@H]1CCCCCC. The summed E-state index contributed by atoms with van der Waals surface area (Å²) in [5.74, 6) is -0.140. The number of carbonyl (C=O) groups is 1. The van der Waals surface area contributed by atoms with Crippen molar-refractivity contribution in [2.75, 3.05) is 0 Å². The number of cyclic esters (lactones) is 1. The molecule has 3 nitrogen and oxygen atoms in total. The summed E-state index contributed by atoms with van der Waals surface area (Å²) in [6.45, 7) is 4.45. The van der Waals surface area contributed by atoms with Gasteiger partial charge < -0.3 is 9.84 Å². The Hall–Kier alpha value is -0.570. The monoisotopic (exact) mass is 354 g/mol. The molecule has 1 aliphatic heterocycles. The summed E-state index contributed by atoms with van der Waals surface area (Å²) in [6, 6.07) is 0. The number of aliphatic hydroxyl groups excluding tert-OH is 1. The highest BCUT2D eigenvalue weighted by atomic mass is 16.6. The molecule has 25 heavy (non-hydrogen) atoms. The molecule has 148 valence electrons. The number of ether oxygens (including phenoxy) is 1. The van der Waals surface area contributed by atoms with Crippen LogP contribution >= 0.6 is 0 Å². The number of rotatable bonds is 17. The molecule has 1 aliphatic rings. The van der Waals surface area contributed by atoms with E-state index in [1.54, 1.807) is 0 Å². The van der Waals surface area contributed by atoms with E-state index in [9.17, 15) is 9.90 Å². The van der Waals surface area contributed by atoms with E-state index in [2.05, 4.69) is 13.8 Å². The first-order valence-electron chi connectivity index (χ1n) is 11.1. The first-order valence-corrected chi connectivity index (χ1v) is 11.1. The van der Waals surface area contributed by atoms with Crippen molar-refractivity contribution in [3.05, 3.63) is 0 Å². The minimum absolute atomic E-state index is 0.0463. The van der Waals surface area contributed by atoms with Gasteiger partial charge in [0.15, 0.2) is 0 Å². The second-order valence-electron chi connectivity index (χ2n) is 7.90. The molecule has 0 aromatic heterocycles. The van der Waals surface area contributed by atoms with Crippen LogP contribution in [0.2, 0.25) is 0 Å². The fourth-order valence-electron chi connectivity index (χ4n) is 3.79. The summed E-state index contributed by atoms with van der Waals surface area (Å²) in [5, 5.41) is 10.3. The fourth-order valence-corrected chi connectivity index (χ4v) is 3.79. The number of hydrogen-bond acceptors (Lipinski definition) is 3. The molecule has 3 heteroatoms. The minimum atomic E-state index is -0.456. The largest absolute Gasteiger partial charge is 0.458 e. The normalized spacial score (nSPS) is 21.0. The predicted molar refractivity (Wildman–Crippen MR) is 105 cm³/mol. The van der Waals surface area contributed by atoms with E-state index < -0.39 is 6.10 Å². The Labute approximate surface area is 155 Å². The Bertz CT molecular complexity index is 329. The Morgan fingerprint density at radius 1 is 0.800 bits per heavy atom. The van der Waals surface area contributed by atoms with Crippen molar-refractivity contribution in [3.63, 3.8) is 0 Å². The molecule has 3 atom stereocenters. The van der Waals surface area contributed by atoms with Crippen LogP contribution in [0.15, 0.2) is 0 Å². The lowest BCUT2D eigenvalue weighted by Gasteiger charge is -2.38. The Balaban J connectivity index is 1.98. The molecule has 1 rings (SSSR count). The lowest BCUT2D eigenvalue weighted by molar-refractivity contribution is -0.199. The van der Waals surface area contributed by atoms with Gasteiger partial charge in [-0.2, -0.15) is 0 Å². The zero-order valence-electron chi connectivity index (χ0n) is 16.8. The van der Waals surface area contributed by atoms with Gasteiger partial charge in [-0.1, -0.05) is 104 Å². The van der Waals surface area contributed by atoms with Crippen molar-refractivity contribution in [1.82, 2.24) is 0 Å². The fraction of sp³-hybridized carbons (Fsp3) is 0.955. The third-order valence-electron chi connectivity index (χ3n) is 5.55. The van der Waals surface area contributed by atoms with Crippen molar-refractivity contribution in [2.45, 2.75) is 129 Å². The average molecular weight is 355 g/mol. The van der Waals surface area contributed by atoms with E-state index in [-0.39, 0.29) is 18.0 Å². The van der Waals surface area contributed by atoms with E-state index in [0.717, 1.165) is 25.7 Å². The number of unbranched alkanes of at least 4 members (excludes halogenated alkanes) is 12. The van der Waals surface area contributed by atoms with Crippen LogP contribution in [-0.4, -0.2) is 23.3 Å². The van der Waals surface area contributed by atoms with Gasteiger partial charge in [-0.25, -0.2) is 0 Å².